The average molecular weight is 449 g/mol. The van der Waals surface area contributed by atoms with Crippen LogP contribution in [-0.4, -0.2) is 36.4 Å². The van der Waals surface area contributed by atoms with Gasteiger partial charge in [0.15, 0.2) is 0 Å². The molecule has 2 unspecified atom stereocenters. The first-order valence-corrected chi connectivity index (χ1v) is 10.9. The van der Waals surface area contributed by atoms with Crippen molar-refractivity contribution in [3.63, 3.8) is 0 Å². The summed E-state index contributed by atoms with van der Waals surface area (Å²) in [6, 6.07) is 0. The summed E-state index contributed by atoms with van der Waals surface area (Å²) in [7, 11) is 10.8. The summed E-state index contributed by atoms with van der Waals surface area (Å²) in [5, 5.41) is 0. The molecular formula is C6H17Cl2F2N4Pt. The van der Waals surface area contributed by atoms with E-state index in [2.05, 4.69) is 0 Å². The Balaban J connectivity index is 0. The molecule has 2 atom stereocenters. The van der Waals surface area contributed by atoms with Crippen molar-refractivity contribution < 1.29 is 24.0 Å². The van der Waals surface area contributed by atoms with Gasteiger partial charge < -0.3 is 11.5 Å². The molecule has 0 amide bonds. The van der Waals surface area contributed by atoms with E-state index in [9.17, 15) is 8.78 Å². The zero-order valence-corrected chi connectivity index (χ0v) is 11.8. The monoisotopic (exact) mass is 448 g/mol. The van der Waals surface area contributed by atoms with E-state index in [0.29, 0.717) is 0 Å². The second kappa shape index (κ2) is 11.5. The van der Waals surface area contributed by atoms with Crippen LogP contribution in [0, 0.1) is 0 Å². The van der Waals surface area contributed by atoms with E-state index < -0.39 is 32.0 Å². The third-order valence-electron chi connectivity index (χ3n) is 1.22. The first kappa shape index (κ1) is 18.3. The molecule has 0 aliphatic rings. The number of alkyl halides is 2. The maximum atomic E-state index is 12.4. The van der Waals surface area contributed by atoms with Crippen LogP contribution in [0.2, 0.25) is 0 Å². The molecule has 0 spiro atoms. The molecule has 0 aliphatic carbocycles. The van der Waals surface area contributed by atoms with Crippen LogP contribution >= 0.6 is 18.8 Å². The number of hydrogen-bond donors (Lipinski definition) is 4. The second-order valence-corrected chi connectivity index (χ2v) is 10.5. The Kier molecular flexibility index (Phi) is 14.0. The molecule has 0 aromatic heterocycles. The van der Waals surface area contributed by atoms with Gasteiger partial charge in [0.25, 0.3) is 0 Å². The Bertz CT molecular complexity index is 142. The van der Waals surface area contributed by atoms with E-state index in [1.165, 1.54) is 0 Å². The summed E-state index contributed by atoms with van der Waals surface area (Å²) in [4.78, 5) is 0. The number of nitrogens with two attached hydrogens (primary N) is 4. The average Bonchev–Trinajstić information content (AvgIpc) is 2.26. The Morgan fingerprint density at radius 1 is 1.00 bits per heavy atom. The second-order valence-electron chi connectivity index (χ2n) is 2.41. The van der Waals surface area contributed by atoms with Gasteiger partial charge in [-0.2, -0.15) is 0 Å². The van der Waals surface area contributed by atoms with Crippen LogP contribution in [0.4, 0.5) is 8.78 Å². The van der Waals surface area contributed by atoms with Crippen molar-refractivity contribution in [3.8, 4) is 0 Å². The van der Waals surface area contributed by atoms with E-state index in [1.54, 1.807) is 0 Å². The number of hydrogen-bond acceptors (Lipinski definition) is 4. The molecule has 0 saturated carbocycles. The van der Waals surface area contributed by atoms with Crippen LogP contribution in [-0.2, 0) is 15.2 Å². The summed E-state index contributed by atoms with van der Waals surface area (Å²) in [6.45, 7) is -0.0260. The van der Waals surface area contributed by atoms with Crippen LogP contribution in [0.3, 0.4) is 0 Å². The fourth-order valence-corrected chi connectivity index (χ4v) is 2.65. The van der Waals surface area contributed by atoms with Crippen molar-refractivity contribution >= 4 is 18.8 Å². The van der Waals surface area contributed by atoms with Gasteiger partial charge in [0.1, 0.15) is 6.17 Å². The maximum absolute atomic E-state index is 12.4. The molecule has 0 saturated heterocycles. The predicted octanol–water partition coefficient (Wildman–Crippen LogP) is -0.264. The molecule has 0 bridgehead atoms. The minimum absolute atomic E-state index is 0.0382. The number of rotatable bonds is 5. The molecule has 8 N–H and O–H groups in total. The molecule has 99 valence electrons. The third-order valence-corrected chi connectivity index (χ3v) is 5.80. The van der Waals surface area contributed by atoms with Crippen LogP contribution in [0.1, 0.15) is 0 Å². The Hall–Kier alpha value is 0.968. The zero-order valence-electron chi connectivity index (χ0n) is 7.99. The van der Waals surface area contributed by atoms with Gasteiger partial charge in [0, 0.05) is 13.1 Å². The Labute approximate surface area is 102 Å². The topological polar surface area (TPSA) is 104 Å². The van der Waals surface area contributed by atoms with Gasteiger partial charge >= 0.3 is 67.1 Å². The fourth-order valence-electron chi connectivity index (χ4n) is 0.304. The standard InChI is InChI=1S/C3H9FN2.C3H8FN2.2ClH.Pt/c2*4-3(1-5)2-6;;;/h3H,1-2,5-6H2;1,3H,2,5-6H2;2*1H;/q;;;;+2/p-2. The van der Waals surface area contributed by atoms with Gasteiger partial charge in [-0.3, -0.25) is 0 Å². The normalized spacial score (nSPS) is 15.4. The summed E-state index contributed by atoms with van der Waals surface area (Å²) < 4.78 is 23.3. The van der Waals surface area contributed by atoms with Crippen LogP contribution in [0.5, 0.6) is 0 Å². The molecule has 0 fully saturated rings. The third kappa shape index (κ3) is 11.2. The summed E-state index contributed by atoms with van der Waals surface area (Å²) in [5.41, 5.74) is 19.8. The van der Waals surface area contributed by atoms with Crippen molar-refractivity contribution in [3.05, 3.63) is 0 Å². The van der Waals surface area contributed by atoms with Crippen molar-refractivity contribution in [2.75, 3.05) is 19.6 Å². The Morgan fingerprint density at radius 2 is 1.40 bits per heavy atom. The molecule has 0 aromatic carbocycles. The number of halogens is 4. The van der Waals surface area contributed by atoms with Crippen molar-refractivity contribution in [1.82, 2.24) is 0 Å². The molecule has 15 heavy (non-hydrogen) atoms. The summed E-state index contributed by atoms with van der Waals surface area (Å²) in [6.07, 6.45) is -2.25. The van der Waals surface area contributed by atoms with Crippen LogP contribution in [0.15, 0.2) is 0 Å². The van der Waals surface area contributed by atoms with Gasteiger partial charge in [-0.15, -0.1) is 0 Å². The van der Waals surface area contributed by atoms with Gasteiger partial charge in [-0.25, -0.2) is 4.39 Å². The molecule has 9 heteroatoms. The first-order chi connectivity index (χ1) is 6.90. The summed E-state index contributed by atoms with van der Waals surface area (Å²) >= 11 is -2.23. The van der Waals surface area contributed by atoms with E-state index >= 15 is 0 Å². The van der Waals surface area contributed by atoms with E-state index in [-0.39, 0.29) is 19.6 Å². The Morgan fingerprint density at radius 3 is 1.47 bits per heavy atom. The molecular weight excluding hydrogens is 432 g/mol. The molecule has 0 aliphatic heterocycles. The fraction of sp³-hybridized carbons (Fsp3) is 1.00. The van der Waals surface area contributed by atoms with Crippen LogP contribution in [0.25, 0.3) is 0 Å². The van der Waals surface area contributed by atoms with E-state index in [4.69, 9.17) is 41.8 Å². The van der Waals surface area contributed by atoms with E-state index in [0.717, 1.165) is 0 Å². The predicted molar refractivity (Wildman–Crippen MR) is 56.6 cm³/mol. The summed E-state index contributed by atoms with van der Waals surface area (Å²) in [5.74, 6) is 0. The minimum atomic E-state index is -2.23. The van der Waals surface area contributed by atoms with Gasteiger partial charge in [0.2, 0.25) is 0 Å². The van der Waals surface area contributed by atoms with E-state index in [1.807, 2.05) is 0 Å². The van der Waals surface area contributed by atoms with Crippen LogP contribution < -0.4 is 22.9 Å². The first-order valence-electron chi connectivity index (χ1n) is 3.97. The van der Waals surface area contributed by atoms with Gasteiger partial charge in [0.05, 0.1) is 0 Å². The van der Waals surface area contributed by atoms with Gasteiger partial charge in [-0.05, 0) is 0 Å². The molecule has 0 rings (SSSR count). The molecule has 0 radical (unpaired) electrons. The van der Waals surface area contributed by atoms with Crippen molar-refractivity contribution in [1.29, 1.82) is 0 Å². The molecule has 4 nitrogen and oxygen atoms in total. The quantitative estimate of drug-likeness (QED) is 0.464. The van der Waals surface area contributed by atoms with Crippen molar-refractivity contribution in [2.45, 2.75) is 16.8 Å². The SMILES string of the molecule is NCC(F)CN.NCC(F)[CH](N)[Pt]([Cl])[Cl]. The molecule has 0 aromatic rings. The molecule has 0 heterocycles. The van der Waals surface area contributed by atoms with Gasteiger partial charge in [-0.1, -0.05) is 0 Å². The van der Waals surface area contributed by atoms with Crippen molar-refractivity contribution in [2.24, 2.45) is 22.9 Å². The zero-order chi connectivity index (χ0) is 12.4.